The van der Waals surface area contributed by atoms with Crippen molar-refractivity contribution >= 4 is 11.9 Å². The Morgan fingerprint density at radius 3 is 2.50 bits per heavy atom. The summed E-state index contributed by atoms with van der Waals surface area (Å²) in [6, 6.07) is -0.0543. The molecule has 5 nitrogen and oxygen atoms in total. The Hall–Kier alpha value is -1.10. The molecule has 5 heteroatoms. The van der Waals surface area contributed by atoms with E-state index in [1.165, 1.54) is 0 Å². The maximum absolute atomic E-state index is 11.7. The van der Waals surface area contributed by atoms with E-state index in [0.717, 1.165) is 0 Å². The number of hydrogen-bond acceptors (Lipinski definition) is 3. The molecule has 0 bridgehead atoms. The van der Waals surface area contributed by atoms with Gasteiger partial charge in [0.25, 0.3) is 0 Å². The Balaban J connectivity index is 2.36. The predicted octanol–water partition coefficient (Wildman–Crippen LogP) is 0.374. The van der Waals surface area contributed by atoms with Crippen molar-refractivity contribution in [2.75, 3.05) is 6.61 Å². The molecule has 16 heavy (non-hydrogen) atoms. The number of rotatable bonds is 5. The molecule has 1 rings (SSSR count). The lowest BCUT2D eigenvalue weighted by molar-refractivity contribution is -0.141. The highest BCUT2D eigenvalue weighted by molar-refractivity contribution is 5.81. The van der Waals surface area contributed by atoms with Gasteiger partial charge in [0.2, 0.25) is 5.91 Å². The zero-order valence-corrected chi connectivity index (χ0v) is 9.48. The molecule has 0 heterocycles. The molecule has 1 fully saturated rings. The van der Waals surface area contributed by atoms with Gasteiger partial charge in [-0.15, -0.1) is 0 Å². The minimum Gasteiger partial charge on any atom is -0.481 e. The molecular formula is C11H19NO4. The fourth-order valence-electron chi connectivity index (χ4n) is 2.07. The van der Waals surface area contributed by atoms with E-state index in [-0.39, 0.29) is 30.4 Å². The first-order valence-corrected chi connectivity index (χ1v) is 5.68. The largest absolute Gasteiger partial charge is 0.481 e. The quantitative estimate of drug-likeness (QED) is 0.636. The zero-order chi connectivity index (χ0) is 12.1. The molecule has 1 aliphatic carbocycles. The SMILES string of the molecule is CC(CCO)NC(=O)C1CCC(C(=O)O)C1. The van der Waals surface area contributed by atoms with Crippen molar-refractivity contribution in [2.24, 2.45) is 11.8 Å². The molecule has 3 unspecified atom stereocenters. The van der Waals surface area contributed by atoms with E-state index < -0.39 is 5.97 Å². The van der Waals surface area contributed by atoms with Crippen molar-refractivity contribution in [3.05, 3.63) is 0 Å². The second kappa shape index (κ2) is 5.84. The molecule has 1 saturated carbocycles. The highest BCUT2D eigenvalue weighted by Gasteiger charge is 2.33. The number of nitrogens with one attached hydrogen (secondary N) is 1. The van der Waals surface area contributed by atoms with Crippen LogP contribution in [-0.4, -0.2) is 34.7 Å². The summed E-state index contributed by atoms with van der Waals surface area (Å²) >= 11 is 0. The van der Waals surface area contributed by atoms with E-state index in [1.54, 1.807) is 0 Å². The third kappa shape index (κ3) is 3.48. The van der Waals surface area contributed by atoms with Crippen LogP contribution in [0, 0.1) is 11.8 Å². The van der Waals surface area contributed by atoms with E-state index >= 15 is 0 Å². The zero-order valence-electron chi connectivity index (χ0n) is 9.48. The molecule has 92 valence electrons. The number of carbonyl (C=O) groups excluding carboxylic acids is 1. The van der Waals surface area contributed by atoms with Gasteiger partial charge in [-0.1, -0.05) is 0 Å². The van der Waals surface area contributed by atoms with Crippen LogP contribution in [-0.2, 0) is 9.59 Å². The second-order valence-corrected chi connectivity index (χ2v) is 4.47. The van der Waals surface area contributed by atoms with E-state index in [1.807, 2.05) is 6.92 Å². The van der Waals surface area contributed by atoms with Crippen molar-refractivity contribution < 1.29 is 19.8 Å². The molecule has 0 aromatic rings. The van der Waals surface area contributed by atoms with Crippen LogP contribution in [0.4, 0.5) is 0 Å². The molecule has 0 radical (unpaired) electrons. The fourth-order valence-corrected chi connectivity index (χ4v) is 2.07. The summed E-state index contributed by atoms with van der Waals surface area (Å²) in [5.41, 5.74) is 0. The van der Waals surface area contributed by atoms with Crippen molar-refractivity contribution in [1.82, 2.24) is 5.32 Å². The van der Waals surface area contributed by atoms with E-state index in [9.17, 15) is 9.59 Å². The van der Waals surface area contributed by atoms with Crippen LogP contribution >= 0.6 is 0 Å². The standard InChI is InChI=1S/C11H19NO4/c1-7(4-5-13)12-10(14)8-2-3-9(6-8)11(15)16/h7-9,13H,2-6H2,1H3,(H,12,14)(H,15,16). The lowest BCUT2D eigenvalue weighted by atomic mass is 10.0. The molecule has 0 saturated heterocycles. The van der Waals surface area contributed by atoms with Gasteiger partial charge in [-0.05, 0) is 32.6 Å². The van der Waals surface area contributed by atoms with Crippen LogP contribution in [0.3, 0.4) is 0 Å². The molecular weight excluding hydrogens is 210 g/mol. The summed E-state index contributed by atoms with van der Waals surface area (Å²) in [4.78, 5) is 22.4. The van der Waals surface area contributed by atoms with Crippen LogP contribution in [0.25, 0.3) is 0 Å². The van der Waals surface area contributed by atoms with Gasteiger partial charge in [0.15, 0.2) is 0 Å². The Kier molecular flexibility index (Phi) is 4.73. The molecule has 0 spiro atoms. The number of carbonyl (C=O) groups is 2. The minimum absolute atomic E-state index is 0.0455. The third-order valence-electron chi connectivity index (χ3n) is 3.10. The Morgan fingerprint density at radius 2 is 2.00 bits per heavy atom. The molecule has 0 aromatic carbocycles. The average molecular weight is 229 g/mol. The number of aliphatic carboxylic acids is 1. The first-order chi connectivity index (χ1) is 7.54. The number of carboxylic acids is 1. The Labute approximate surface area is 94.8 Å². The maximum Gasteiger partial charge on any atom is 0.306 e. The summed E-state index contributed by atoms with van der Waals surface area (Å²) in [5.74, 6) is -1.44. The first-order valence-electron chi connectivity index (χ1n) is 5.68. The molecule has 0 aromatic heterocycles. The van der Waals surface area contributed by atoms with Crippen molar-refractivity contribution in [3.8, 4) is 0 Å². The van der Waals surface area contributed by atoms with Crippen molar-refractivity contribution in [3.63, 3.8) is 0 Å². The van der Waals surface area contributed by atoms with Gasteiger partial charge in [0.05, 0.1) is 5.92 Å². The highest BCUT2D eigenvalue weighted by Crippen LogP contribution is 2.31. The third-order valence-corrected chi connectivity index (χ3v) is 3.10. The van der Waals surface area contributed by atoms with Gasteiger partial charge in [-0.3, -0.25) is 9.59 Å². The Morgan fingerprint density at radius 1 is 1.38 bits per heavy atom. The molecule has 0 aliphatic heterocycles. The summed E-state index contributed by atoms with van der Waals surface area (Å²) in [6.45, 7) is 1.88. The van der Waals surface area contributed by atoms with Crippen LogP contribution in [0.1, 0.15) is 32.6 Å². The first kappa shape index (κ1) is 13.0. The van der Waals surface area contributed by atoms with Gasteiger partial charge in [0.1, 0.15) is 0 Å². The van der Waals surface area contributed by atoms with Crippen LogP contribution < -0.4 is 5.32 Å². The smallest absolute Gasteiger partial charge is 0.306 e. The summed E-state index contributed by atoms with van der Waals surface area (Å²) in [7, 11) is 0. The van der Waals surface area contributed by atoms with Crippen LogP contribution in [0.5, 0.6) is 0 Å². The van der Waals surface area contributed by atoms with Crippen LogP contribution in [0.2, 0.25) is 0 Å². The lowest BCUT2D eigenvalue weighted by Gasteiger charge is -2.16. The fraction of sp³-hybridized carbons (Fsp3) is 0.818. The second-order valence-electron chi connectivity index (χ2n) is 4.47. The summed E-state index contributed by atoms with van der Waals surface area (Å²) in [6.07, 6.45) is 2.20. The number of carboxylic acid groups (broad SMARTS) is 1. The van der Waals surface area contributed by atoms with E-state index in [2.05, 4.69) is 5.32 Å². The van der Waals surface area contributed by atoms with Gasteiger partial charge < -0.3 is 15.5 Å². The summed E-state index contributed by atoms with van der Waals surface area (Å²) < 4.78 is 0. The monoisotopic (exact) mass is 229 g/mol. The van der Waals surface area contributed by atoms with Crippen molar-refractivity contribution in [2.45, 2.75) is 38.6 Å². The van der Waals surface area contributed by atoms with Gasteiger partial charge >= 0.3 is 5.97 Å². The van der Waals surface area contributed by atoms with Crippen molar-refractivity contribution in [1.29, 1.82) is 0 Å². The number of hydrogen-bond donors (Lipinski definition) is 3. The molecule has 3 N–H and O–H groups in total. The number of amides is 1. The maximum atomic E-state index is 11.7. The van der Waals surface area contributed by atoms with Gasteiger partial charge in [-0.25, -0.2) is 0 Å². The topological polar surface area (TPSA) is 86.6 Å². The minimum atomic E-state index is -0.807. The molecule has 3 atom stereocenters. The molecule has 1 amide bonds. The molecule has 1 aliphatic rings. The Bertz CT molecular complexity index is 267. The number of aliphatic hydroxyl groups excluding tert-OH is 1. The van der Waals surface area contributed by atoms with E-state index in [0.29, 0.717) is 25.7 Å². The van der Waals surface area contributed by atoms with Gasteiger partial charge in [-0.2, -0.15) is 0 Å². The normalized spacial score (nSPS) is 26.4. The predicted molar refractivity (Wildman–Crippen MR) is 57.8 cm³/mol. The van der Waals surface area contributed by atoms with Crippen LogP contribution in [0.15, 0.2) is 0 Å². The summed E-state index contributed by atoms with van der Waals surface area (Å²) in [5, 5.41) is 20.3. The lowest BCUT2D eigenvalue weighted by Crippen LogP contribution is -2.37. The average Bonchev–Trinajstić information content (AvgIpc) is 2.66. The number of aliphatic hydroxyl groups is 1. The van der Waals surface area contributed by atoms with E-state index in [4.69, 9.17) is 10.2 Å². The van der Waals surface area contributed by atoms with Gasteiger partial charge in [0, 0.05) is 18.6 Å². The highest BCUT2D eigenvalue weighted by atomic mass is 16.4.